The van der Waals surface area contributed by atoms with Crippen LogP contribution in [0.2, 0.25) is 0 Å². The largest absolute Gasteiger partial charge is 0.367 e. The molecule has 7 heteroatoms. The first-order valence-electron chi connectivity index (χ1n) is 8.84. The van der Waals surface area contributed by atoms with Crippen molar-refractivity contribution in [3.8, 4) is 0 Å². The maximum atomic E-state index is 11.8. The Balaban J connectivity index is 1.34. The quantitative estimate of drug-likeness (QED) is 0.920. The molecule has 2 aromatic heterocycles. The van der Waals surface area contributed by atoms with E-state index in [1.165, 1.54) is 0 Å². The number of hydrogen-bond donors (Lipinski definition) is 1. The number of nitrogens with zero attached hydrogens (tertiary/aromatic N) is 5. The fourth-order valence-electron chi connectivity index (χ4n) is 3.42. The van der Waals surface area contributed by atoms with Gasteiger partial charge in [-0.2, -0.15) is 0 Å². The lowest BCUT2D eigenvalue weighted by molar-refractivity contribution is -0.117. The molecule has 25 heavy (non-hydrogen) atoms. The summed E-state index contributed by atoms with van der Waals surface area (Å²) in [7, 11) is 0. The van der Waals surface area contributed by atoms with E-state index in [4.69, 9.17) is 0 Å². The molecule has 0 saturated carbocycles. The zero-order valence-electron chi connectivity index (χ0n) is 14.1. The van der Waals surface area contributed by atoms with Crippen LogP contribution in [0, 0.1) is 0 Å². The maximum absolute atomic E-state index is 11.8. The Kier molecular flexibility index (Phi) is 4.45. The van der Waals surface area contributed by atoms with Gasteiger partial charge in [0, 0.05) is 38.3 Å². The summed E-state index contributed by atoms with van der Waals surface area (Å²) in [6.45, 7) is 2.61. The molecule has 0 aromatic carbocycles. The maximum Gasteiger partial charge on any atom is 0.228 e. The predicted molar refractivity (Wildman–Crippen MR) is 96.7 cm³/mol. The molecule has 4 rings (SSSR count). The minimum Gasteiger partial charge on any atom is -0.367 e. The Morgan fingerprint density at radius 1 is 1.00 bits per heavy atom. The molecular formula is C18H22N6O. The third kappa shape index (κ3) is 3.55. The summed E-state index contributed by atoms with van der Waals surface area (Å²) in [6, 6.07) is 6.34. The molecule has 2 aliphatic heterocycles. The zero-order valence-corrected chi connectivity index (χ0v) is 14.1. The van der Waals surface area contributed by atoms with E-state index in [1.807, 2.05) is 18.2 Å². The topological polar surface area (TPSA) is 74.2 Å². The molecule has 2 aliphatic rings. The summed E-state index contributed by atoms with van der Waals surface area (Å²) < 4.78 is 0. The standard InChI is InChI=1S/C18H22N6O/c25-18-5-3-9-24(18)17-13-20-16(12-21-17)23-10-6-14(7-11-23)22-15-4-1-2-8-19-15/h1-2,4,8,12-14H,3,5-7,9-11H2,(H,19,22). The normalized spacial score (nSPS) is 18.6. The highest BCUT2D eigenvalue weighted by Gasteiger charge is 2.24. The molecule has 0 aliphatic carbocycles. The number of nitrogens with one attached hydrogen (secondary N) is 1. The molecule has 1 amide bonds. The number of aromatic nitrogens is 3. The van der Waals surface area contributed by atoms with Gasteiger partial charge >= 0.3 is 0 Å². The van der Waals surface area contributed by atoms with E-state index in [1.54, 1.807) is 23.5 Å². The van der Waals surface area contributed by atoms with Crippen LogP contribution in [-0.4, -0.2) is 46.5 Å². The molecule has 0 radical (unpaired) electrons. The van der Waals surface area contributed by atoms with Gasteiger partial charge in [0.2, 0.25) is 5.91 Å². The summed E-state index contributed by atoms with van der Waals surface area (Å²) in [5, 5.41) is 3.49. The first kappa shape index (κ1) is 15.8. The lowest BCUT2D eigenvalue weighted by atomic mass is 10.1. The number of piperidine rings is 1. The third-order valence-electron chi connectivity index (χ3n) is 4.81. The molecule has 0 spiro atoms. The summed E-state index contributed by atoms with van der Waals surface area (Å²) in [5.41, 5.74) is 0. The number of carbonyl (C=O) groups is 1. The molecule has 0 bridgehead atoms. The van der Waals surface area contributed by atoms with Gasteiger partial charge in [-0.3, -0.25) is 9.69 Å². The molecule has 0 atom stereocenters. The van der Waals surface area contributed by atoms with Gasteiger partial charge in [0.25, 0.3) is 0 Å². The molecule has 2 fully saturated rings. The van der Waals surface area contributed by atoms with E-state index in [0.29, 0.717) is 18.3 Å². The van der Waals surface area contributed by atoms with Gasteiger partial charge in [0.1, 0.15) is 11.6 Å². The molecule has 130 valence electrons. The van der Waals surface area contributed by atoms with Gasteiger partial charge < -0.3 is 10.2 Å². The SMILES string of the molecule is O=C1CCCN1c1cnc(N2CCC(Nc3ccccn3)CC2)cn1. The van der Waals surface area contributed by atoms with Crippen LogP contribution in [0.25, 0.3) is 0 Å². The second kappa shape index (κ2) is 7.04. The second-order valence-corrected chi connectivity index (χ2v) is 6.50. The van der Waals surface area contributed by atoms with Crippen molar-refractivity contribution in [3.05, 3.63) is 36.8 Å². The van der Waals surface area contributed by atoms with Crippen LogP contribution in [0.15, 0.2) is 36.8 Å². The van der Waals surface area contributed by atoms with Crippen molar-refractivity contribution in [1.29, 1.82) is 0 Å². The fraction of sp³-hybridized carbons (Fsp3) is 0.444. The van der Waals surface area contributed by atoms with Crippen LogP contribution in [0.3, 0.4) is 0 Å². The number of amides is 1. The zero-order chi connectivity index (χ0) is 17.1. The van der Waals surface area contributed by atoms with Gasteiger partial charge in [-0.25, -0.2) is 15.0 Å². The summed E-state index contributed by atoms with van der Waals surface area (Å²) in [6.07, 6.45) is 8.89. The lowest BCUT2D eigenvalue weighted by Gasteiger charge is -2.33. The van der Waals surface area contributed by atoms with E-state index in [-0.39, 0.29) is 5.91 Å². The van der Waals surface area contributed by atoms with Gasteiger partial charge in [0.05, 0.1) is 12.4 Å². The van der Waals surface area contributed by atoms with Crippen molar-refractivity contribution in [2.75, 3.05) is 34.8 Å². The number of carbonyl (C=O) groups excluding carboxylic acids is 1. The average Bonchev–Trinajstić information content (AvgIpc) is 3.09. The van der Waals surface area contributed by atoms with Crippen molar-refractivity contribution in [2.45, 2.75) is 31.7 Å². The molecular weight excluding hydrogens is 316 g/mol. The number of pyridine rings is 1. The Labute approximate surface area is 147 Å². The van der Waals surface area contributed by atoms with Crippen LogP contribution in [0.5, 0.6) is 0 Å². The molecule has 2 aromatic rings. The summed E-state index contributed by atoms with van der Waals surface area (Å²) >= 11 is 0. The van der Waals surface area contributed by atoms with E-state index >= 15 is 0 Å². The average molecular weight is 338 g/mol. The van der Waals surface area contributed by atoms with Crippen LogP contribution in [0.4, 0.5) is 17.5 Å². The molecule has 2 saturated heterocycles. The van der Waals surface area contributed by atoms with Crippen molar-refractivity contribution in [2.24, 2.45) is 0 Å². The van der Waals surface area contributed by atoms with Gasteiger partial charge in [0.15, 0.2) is 5.82 Å². The predicted octanol–water partition coefficient (Wildman–Crippen LogP) is 2.08. The molecule has 0 unspecified atom stereocenters. The van der Waals surface area contributed by atoms with Crippen LogP contribution in [-0.2, 0) is 4.79 Å². The fourth-order valence-corrected chi connectivity index (χ4v) is 3.42. The van der Waals surface area contributed by atoms with Crippen molar-refractivity contribution in [1.82, 2.24) is 15.0 Å². The minimum absolute atomic E-state index is 0.142. The Bertz CT molecular complexity index is 712. The van der Waals surface area contributed by atoms with Crippen LogP contribution >= 0.6 is 0 Å². The Morgan fingerprint density at radius 3 is 2.44 bits per heavy atom. The number of anilines is 3. The Hall–Kier alpha value is -2.70. The smallest absolute Gasteiger partial charge is 0.228 e. The lowest BCUT2D eigenvalue weighted by Crippen LogP contribution is -2.39. The van der Waals surface area contributed by atoms with E-state index in [2.05, 4.69) is 25.2 Å². The van der Waals surface area contributed by atoms with Crippen molar-refractivity contribution < 1.29 is 4.79 Å². The molecule has 4 heterocycles. The minimum atomic E-state index is 0.142. The van der Waals surface area contributed by atoms with Gasteiger partial charge in [-0.15, -0.1) is 0 Å². The highest BCUT2D eigenvalue weighted by molar-refractivity contribution is 5.94. The number of hydrogen-bond acceptors (Lipinski definition) is 6. The third-order valence-corrected chi connectivity index (χ3v) is 4.81. The van der Waals surface area contributed by atoms with Gasteiger partial charge in [-0.05, 0) is 31.4 Å². The molecule has 1 N–H and O–H groups in total. The van der Waals surface area contributed by atoms with Crippen LogP contribution in [0.1, 0.15) is 25.7 Å². The highest BCUT2D eigenvalue weighted by Crippen LogP contribution is 2.22. The van der Waals surface area contributed by atoms with Gasteiger partial charge in [-0.1, -0.05) is 6.07 Å². The van der Waals surface area contributed by atoms with Crippen LogP contribution < -0.4 is 15.1 Å². The van der Waals surface area contributed by atoms with E-state index in [0.717, 1.165) is 50.5 Å². The monoisotopic (exact) mass is 338 g/mol. The highest BCUT2D eigenvalue weighted by atomic mass is 16.2. The molecule has 7 nitrogen and oxygen atoms in total. The first-order valence-corrected chi connectivity index (χ1v) is 8.84. The summed E-state index contributed by atoms with van der Waals surface area (Å²) in [5.74, 6) is 2.62. The van der Waals surface area contributed by atoms with E-state index in [9.17, 15) is 4.79 Å². The number of rotatable bonds is 4. The second-order valence-electron chi connectivity index (χ2n) is 6.50. The Morgan fingerprint density at radius 2 is 1.80 bits per heavy atom. The first-order chi connectivity index (χ1) is 12.3. The van der Waals surface area contributed by atoms with Crippen molar-refractivity contribution >= 4 is 23.4 Å². The summed E-state index contributed by atoms with van der Waals surface area (Å²) in [4.78, 5) is 29.1. The van der Waals surface area contributed by atoms with Crippen molar-refractivity contribution in [3.63, 3.8) is 0 Å². The van der Waals surface area contributed by atoms with E-state index < -0.39 is 0 Å².